The number of carboxylic acid groups (broad SMARTS) is 1. The summed E-state index contributed by atoms with van der Waals surface area (Å²) in [6, 6.07) is 12.1. The topological polar surface area (TPSA) is 57.5 Å². The molecule has 2 rings (SSSR count). The molecule has 0 unspecified atom stereocenters. The van der Waals surface area contributed by atoms with Crippen LogP contribution in [-0.4, -0.2) is 22.4 Å². The highest BCUT2D eigenvalue weighted by Crippen LogP contribution is 2.32. The minimum Gasteiger partial charge on any atom is -0.508 e. The standard InChI is InChI=1S/C14H12O3S/c1-18-13-5-3-2-4-12(13)9-6-10(14(16)17)8-11(15)7-9/h2-8,15H,1H3,(H,16,17). The first-order valence-corrected chi connectivity index (χ1v) is 6.55. The second-order valence-electron chi connectivity index (χ2n) is 3.77. The third-order valence-corrected chi connectivity index (χ3v) is 3.38. The monoisotopic (exact) mass is 260 g/mol. The van der Waals surface area contributed by atoms with Crippen LogP contribution in [0.5, 0.6) is 5.75 Å². The van der Waals surface area contributed by atoms with Crippen LogP contribution in [0.25, 0.3) is 11.1 Å². The number of carbonyl (C=O) groups is 1. The Bertz CT molecular complexity index is 593. The molecule has 0 aliphatic rings. The molecule has 3 nitrogen and oxygen atoms in total. The van der Waals surface area contributed by atoms with Crippen molar-refractivity contribution in [1.29, 1.82) is 0 Å². The predicted molar refractivity (Wildman–Crippen MR) is 72.3 cm³/mol. The fraction of sp³-hybridized carbons (Fsp3) is 0.0714. The van der Waals surface area contributed by atoms with E-state index in [2.05, 4.69) is 0 Å². The number of benzene rings is 2. The van der Waals surface area contributed by atoms with E-state index in [9.17, 15) is 9.90 Å². The van der Waals surface area contributed by atoms with Crippen LogP contribution in [0.15, 0.2) is 47.4 Å². The van der Waals surface area contributed by atoms with Gasteiger partial charge in [0, 0.05) is 4.90 Å². The Kier molecular flexibility index (Phi) is 3.58. The van der Waals surface area contributed by atoms with Gasteiger partial charge in [-0.05, 0) is 41.6 Å². The van der Waals surface area contributed by atoms with Crippen molar-refractivity contribution in [3.8, 4) is 16.9 Å². The highest BCUT2D eigenvalue weighted by Gasteiger charge is 2.10. The quantitative estimate of drug-likeness (QED) is 0.829. The average molecular weight is 260 g/mol. The van der Waals surface area contributed by atoms with Crippen LogP contribution in [0.3, 0.4) is 0 Å². The van der Waals surface area contributed by atoms with E-state index in [0.717, 1.165) is 10.5 Å². The molecule has 0 fully saturated rings. The zero-order valence-corrected chi connectivity index (χ0v) is 10.6. The Morgan fingerprint density at radius 2 is 1.89 bits per heavy atom. The third-order valence-electron chi connectivity index (χ3n) is 2.58. The lowest BCUT2D eigenvalue weighted by Crippen LogP contribution is -1.96. The molecule has 0 saturated heterocycles. The fourth-order valence-electron chi connectivity index (χ4n) is 1.77. The van der Waals surface area contributed by atoms with Gasteiger partial charge in [-0.25, -0.2) is 4.79 Å². The Balaban J connectivity index is 2.60. The summed E-state index contributed by atoms with van der Waals surface area (Å²) in [6.07, 6.45) is 1.96. The second kappa shape index (κ2) is 5.14. The first kappa shape index (κ1) is 12.5. The van der Waals surface area contributed by atoms with Crippen LogP contribution in [0.1, 0.15) is 10.4 Å². The van der Waals surface area contributed by atoms with E-state index in [1.807, 2.05) is 30.5 Å². The van der Waals surface area contributed by atoms with Gasteiger partial charge in [0.2, 0.25) is 0 Å². The number of phenolic OH excluding ortho intramolecular Hbond substituents is 1. The number of aromatic carboxylic acids is 1. The SMILES string of the molecule is CSc1ccccc1-c1cc(O)cc(C(=O)O)c1. The van der Waals surface area contributed by atoms with Crippen molar-refractivity contribution in [3.05, 3.63) is 48.0 Å². The fourth-order valence-corrected chi connectivity index (χ4v) is 2.39. The van der Waals surface area contributed by atoms with Crippen LogP contribution in [0.2, 0.25) is 0 Å². The van der Waals surface area contributed by atoms with Crippen LogP contribution in [0.4, 0.5) is 0 Å². The van der Waals surface area contributed by atoms with E-state index in [1.165, 1.54) is 6.07 Å². The molecule has 2 aromatic rings. The van der Waals surface area contributed by atoms with E-state index in [0.29, 0.717) is 5.56 Å². The van der Waals surface area contributed by atoms with Crippen molar-refractivity contribution in [2.24, 2.45) is 0 Å². The zero-order valence-electron chi connectivity index (χ0n) is 9.75. The van der Waals surface area contributed by atoms with E-state index >= 15 is 0 Å². The molecule has 0 amide bonds. The predicted octanol–water partition coefficient (Wildman–Crippen LogP) is 3.48. The highest BCUT2D eigenvalue weighted by molar-refractivity contribution is 7.98. The van der Waals surface area contributed by atoms with Gasteiger partial charge in [0.15, 0.2) is 0 Å². The van der Waals surface area contributed by atoms with Gasteiger partial charge < -0.3 is 10.2 Å². The van der Waals surface area contributed by atoms with Gasteiger partial charge in [0.05, 0.1) is 5.56 Å². The minimum atomic E-state index is -1.05. The summed E-state index contributed by atoms with van der Waals surface area (Å²) in [5.74, 6) is -1.09. The average Bonchev–Trinajstić information content (AvgIpc) is 2.38. The number of aromatic hydroxyl groups is 1. The molecule has 0 aromatic heterocycles. The Hall–Kier alpha value is -1.94. The Morgan fingerprint density at radius 1 is 1.17 bits per heavy atom. The summed E-state index contributed by atoms with van der Waals surface area (Å²) in [6.45, 7) is 0. The third kappa shape index (κ3) is 2.49. The van der Waals surface area contributed by atoms with Crippen LogP contribution < -0.4 is 0 Å². The van der Waals surface area contributed by atoms with Crippen molar-refractivity contribution in [2.45, 2.75) is 4.90 Å². The van der Waals surface area contributed by atoms with Gasteiger partial charge in [-0.3, -0.25) is 0 Å². The highest BCUT2D eigenvalue weighted by atomic mass is 32.2. The molecule has 4 heteroatoms. The molecule has 0 spiro atoms. The normalized spacial score (nSPS) is 10.3. The number of phenols is 1. The number of hydrogen-bond acceptors (Lipinski definition) is 3. The summed E-state index contributed by atoms with van der Waals surface area (Å²) in [5, 5.41) is 18.6. The molecule has 92 valence electrons. The number of rotatable bonds is 3. The summed E-state index contributed by atoms with van der Waals surface area (Å²) < 4.78 is 0. The molecule has 0 aliphatic heterocycles. The Morgan fingerprint density at radius 3 is 2.56 bits per heavy atom. The minimum absolute atomic E-state index is 0.0409. The van der Waals surface area contributed by atoms with Crippen molar-refractivity contribution >= 4 is 17.7 Å². The van der Waals surface area contributed by atoms with E-state index in [1.54, 1.807) is 23.9 Å². The molecule has 0 saturated carbocycles. The zero-order chi connectivity index (χ0) is 13.1. The maximum atomic E-state index is 11.0. The molecule has 2 aromatic carbocycles. The molecule has 0 radical (unpaired) electrons. The molecule has 18 heavy (non-hydrogen) atoms. The summed E-state index contributed by atoms with van der Waals surface area (Å²) in [5.41, 5.74) is 1.71. The van der Waals surface area contributed by atoms with Gasteiger partial charge in [-0.15, -0.1) is 11.8 Å². The van der Waals surface area contributed by atoms with Crippen LogP contribution >= 0.6 is 11.8 Å². The summed E-state index contributed by atoms with van der Waals surface area (Å²) in [7, 11) is 0. The molecule has 0 aliphatic carbocycles. The lowest BCUT2D eigenvalue weighted by Gasteiger charge is -2.08. The molecule has 0 bridgehead atoms. The van der Waals surface area contributed by atoms with Crippen LogP contribution in [0, 0.1) is 0 Å². The number of hydrogen-bond donors (Lipinski definition) is 2. The lowest BCUT2D eigenvalue weighted by atomic mass is 10.0. The first-order chi connectivity index (χ1) is 8.61. The molecule has 2 N–H and O–H groups in total. The number of carboxylic acids is 1. The van der Waals surface area contributed by atoms with Crippen molar-refractivity contribution in [3.63, 3.8) is 0 Å². The first-order valence-electron chi connectivity index (χ1n) is 5.32. The Labute approximate surface area is 109 Å². The van der Waals surface area contributed by atoms with Crippen molar-refractivity contribution in [2.75, 3.05) is 6.26 Å². The molecule has 0 heterocycles. The second-order valence-corrected chi connectivity index (χ2v) is 4.62. The van der Waals surface area contributed by atoms with Gasteiger partial charge >= 0.3 is 5.97 Å². The molecule has 0 atom stereocenters. The summed E-state index contributed by atoms with van der Waals surface area (Å²) in [4.78, 5) is 12.0. The maximum Gasteiger partial charge on any atom is 0.335 e. The van der Waals surface area contributed by atoms with Crippen molar-refractivity contribution < 1.29 is 15.0 Å². The van der Waals surface area contributed by atoms with E-state index in [4.69, 9.17) is 5.11 Å². The molecular weight excluding hydrogens is 248 g/mol. The smallest absolute Gasteiger partial charge is 0.335 e. The van der Waals surface area contributed by atoms with Crippen LogP contribution in [-0.2, 0) is 0 Å². The maximum absolute atomic E-state index is 11.0. The van der Waals surface area contributed by atoms with Gasteiger partial charge in [0.1, 0.15) is 5.75 Å². The number of thioether (sulfide) groups is 1. The van der Waals surface area contributed by atoms with Gasteiger partial charge in [0.25, 0.3) is 0 Å². The van der Waals surface area contributed by atoms with E-state index in [-0.39, 0.29) is 11.3 Å². The largest absolute Gasteiger partial charge is 0.508 e. The molecular formula is C14H12O3S. The van der Waals surface area contributed by atoms with Crippen molar-refractivity contribution in [1.82, 2.24) is 0 Å². The summed E-state index contributed by atoms with van der Waals surface area (Å²) >= 11 is 1.58. The lowest BCUT2D eigenvalue weighted by molar-refractivity contribution is 0.0696. The van der Waals surface area contributed by atoms with E-state index < -0.39 is 5.97 Å². The van der Waals surface area contributed by atoms with Gasteiger partial charge in [-0.2, -0.15) is 0 Å². The van der Waals surface area contributed by atoms with Gasteiger partial charge in [-0.1, -0.05) is 18.2 Å².